The highest BCUT2D eigenvalue weighted by atomic mass is 16.6. The summed E-state index contributed by atoms with van der Waals surface area (Å²) in [7, 11) is 0. The number of carbonyl (C=O) groups excluding carboxylic acids is 3. The lowest BCUT2D eigenvalue weighted by molar-refractivity contribution is -0.154. The van der Waals surface area contributed by atoms with Gasteiger partial charge in [-0.25, -0.2) is 0 Å². The van der Waals surface area contributed by atoms with Crippen molar-refractivity contribution in [2.24, 2.45) is 16.7 Å². The smallest absolute Gasteiger partial charge is 0.321 e. The maximum atomic E-state index is 12.6. The molecule has 0 saturated heterocycles. The third kappa shape index (κ3) is 9.74. The maximum absolute atomic E-state index is 12.6. The van der Waals surface area contributed by atoms with Gasteiger partial charge in [0.2, 0.25) is 0 Å². The summed E-state index contributed by atoms with van der Waals surface area (Å²) in [5, 5.41) is 12.7. The van der Waals surface area contributed by atoms with E-state index in [0.717, 1.165) is 32.1 Å². The Morgan fingerprint density at radius 1 is 0.921 bits per heavy atom. The van der Waals surface area contributed by atoms with Crippen molar-refractivity contribution in [1.82, 2.24) is 5.32 Å². The molecule has 1 aliphatic rings. The van der Waals surface area contributed by atoms with E-state index in [0.29, 0.717) is 5.56 Å². The van der Waals surface area contributed by atoms with Crippen LogP contribution in [-0.2, 0) is 30.3 Å². The van der Waals surface area contributed by atoms with Gasteiger partial charge in [-0.1, -0.05) is 25.3 Å². The van der Waals surface area contributed by atoms with Crippen LogP contribution in [0.2, 0.25) is 0 Å². The molecule has 0 aromatic heterocycles. The highest BCUT2D eigenvalue weighted by Gasteiger charge is 2.29. The lowest BCUT2D eigenvalue weighted by Crippen LogP contribution is -2.43. The molecule has 9 nitrogen and oxygen atoms in total. The van der Waals surface area contributed by atoms with Gasteiger partial charge in [0.25, 0.3) is 0 Å². The molecule has 0 radical (unpaired) electrons. The maximum Gasteiger partial charge on any atom is 0.321 e. The Balaban J connectivity index is 2.13. The molecular weight excluding hydrogens is 490 g/mol. The molecule has 1 fully saturated rings. The molecule has 2 rings (SSSR count). The molecule has 0 heterocycles. The Morgan fingerprint density at radius 3 is 2.00 bits per heavy atom. The molecule has 1 saturated carbocycles. The van der Waals surface area contributed by atoms with Crippen LogP contribution in [0.1, 0.15) is 86.1 Å². The van der Waals surface area contributed by atoms with Crippen molar-refractivity contribution in [2.45, 2.75) is 99.1 Å². The number of aliphatic carboxylic acids is 1. The fraction of sp³-hybridized carbons (Fsp3) is 0.655. The summed E-state index contributed by atoms with van der Waals surface area (Å²) in [6, 6.07) is 3.65. The van der Waals surface area contributed by atoms with Crippen LogP contribution in [0.4, 0.5) is 0 Å². The molecule has 2 N–H and O–H groups in total. The van der Waals surface area contributed by atoms with Crippen LogP contribution in [0.3, 0.4) is 0 Å². The molecule has 0 aliphatic heterocycles. The van der Waals surface area contributed by atoms with Crippen molar-refractivity contribution in [3.63, 3.8) is 0 Å². The van der Waals surface area contributed by atoms with Crippen LogP contribution in [0.15, 0.2) is 18.2 Å². The summed E-state index contributed by atoms with van der Waals surface area (Å²) in [6.45, 7) is 12.1. The van der Waals surface area contributed by atoms with Gasteiger partial charge in [0.1, 0.15) is 12.1 Å². The van der Waals surface area contributed by atoms with Crippen molar-refractivity contribution in [3.05, 3.63) is 23.8 Å². The molecule has 1 aliphatic carbocycles. The largest absolute Gasteiger partial charge is 0.480 e. The molecule has 2 atom stereocenters. The van der Waals surface area contributed by atoms with Crippen LogP contribution in [0.5, 0.6) is 11.5 Å². The zero-order valence-electron chi connectivity index (χ0n) is 23.7. The van der Waals surface area contributed by atoms with Gasteiger partial charge in [0, 0.05) is 6.54 Å². The number of nitrogens with one attached hydrogen (secondary N) is 1. The van der Waals surface area contributed by atoms with Crippen LogP contribution in [0, 0.1) is 16.7 Å². The van der Waals surface area contributed by atoms with Gasteiger partial charge in [-0.3, -0.25) is 19.2 Å². The van der Waals surface area contributed by atoms with Crippen molar-refractivity contribution in [1.29, 1.82) is 0 Å². The predicted molar refractivity (Wildman–Crippen MR) is 142 cm³/mol. The minimum absolute atomic E-state index is 0.0407. The standard InChI is InChI=1S/C29H43NO8/c1-18(36-25(33)20-11-9-8-10-12-20)17-30-21(24(31)32)15-19-13-14-22(37-26(34)28(2,3)4)23(16-19)38-27(35)29(5,6)7/h13-14,16,18,20-21,30H,8-12,15,17H2,1-7H3,(H,31,32)/t18?,21-/m0/s1. The van der Waals surface area contributed by atoms with Gasteiger partial charge in [-0.2, -0.15) is 0 Å². The predicted octanol–water partition coefficient (Wildman–Crippen LogP) is 4.69. The highest BCUT2D eigenvalue weighted by Crippen LogP contribution is 2.33. The molecule has 1 unspecified atom stereocenters. The first-order valence-corrected chi connectivity index (χ1v) is 13.3. The average molecular weight is 534 g/mol. The van der Waals surface area contributed by atoms with Crippen molar-refractivity contribution in [3.8, 4) is 11.5 Å². The second-order valence-electron chi connectivity index (χ2n) is 12.1. The monoisotopic (exact) mass is 533 g/mol. The number of carboxylic acids is 1. The first-order chi connectivity index (χ1) is 17.6. The third-order valence-electron chi connectivity index (χ3n) is 6.28. The van der Waals surface area contributed by atoms with Crippen LogP contribution < -0.4 is 14.8 Å². The summed E-state index contributed by atoms with van der Waals surface area (Å²) < 4.78 is 16.6. The molecule has 1 aromatic rings. The molecule has 0 bridgehead atoms. The number of hydrogen-bond donors (Lipinski definition) is 2. The molecule has 212 valence electrons. The number of carboxylic acid groups (broad SMARTS) is 1. The Morgan fingerprint density at radius 2 is 1.47 bits per heavy atom. The van der Waals surface area contributed by atoms with E-state index in [4.69, 9.17) is 14.2 Å². The first kappa shape index (κ1) is 31.3. The van der Waals surface area contributed by atoms with E-state index in [-0.39, 0.29) is 36.4 Å². The van der Waals surface area contributed by atoms with Crippen molar-refractivity contribution in [2.75, 3.05) is 6.54 Å². The third-order valence-corrected chi connectivity index (χ3v) is 6.28. The second-order valence-corrected chi connectivity index (χ2v) is 12.1. The SMILES string of the molecule is CC(CN[C@@H](Cc1ccc(OC(=O)C(C)(C)C)c(OC(=O)C(C)(C)C)c1)C(=O)O)OC(=O)C1CCCCC1. The summed E-state index contributed by atoms with van der Waals surface area (Å²) in [4.78, 5) is 49.4. The van der Waals surface area contributed by atoms with E-state index in [1.807, 2.05) is 0 Å². The zero-order chi connectivity index (χ0) is 28.7. The second kappa shape index (κ2) is 13.2. The Bertz CT molecular complexity index is 999. The summed E-state index contributed by atoms with van der Waals surface area (Å²) in [5.41, 5.74) is -1.03. The molecule has 9 heteroatoms. The minimum Gasteiger partial charge on any atom is -0.480 e. The summed E-state index contributed by atoms with van der Waals surface area (Å²) >= 11 is 0. The van der Waals surface area contributed by atoms with E-state index in [2.05, 4.69) is 5.32 Å². The number of esters is 3. The number of hydrogen-bond acceptors (Lipinski definition) is 8. The Hall–Kier alpha value is -2.94. The van der Waals surface area contributed by atoms with E-state index in [9.17, 15) is 24.3 Å². The highest BCUT2D eigenvalue weighted by molar-refractivity contribution is 5.81. The molecular formula is C29H43NO8. The molecule has 0 spiro atoms. The number of benzene rings is 1. The lowest BCUT2D eigenvalue weighted by atomic mass is 9.89. The van der Waals surface area contributed by atoms with Gasteiger partial charge in [-0.05, 0) is 85.4 Å². The lowest BCUT2D eigenvalue weighted by Gasteiger charge is -2.24. The summed E-state index contributed by atoms with van der Waals surface area (Å²) in [5.74, 6) is -2.29. The topological polar surface area (TPSA) is 128 Å². The van der Waals surface area contributed by atoms with E-state index in [1.165, 1.54) is 12.1 Å². The van der Waals surface area contributed by atoms with Gasteiger partial charge in [0.05, 0.1) is 16.7 Å². The van der Waals surface area contributed by atoms with Gasteiger partial charge >= 0.3 is 23.9 Å². The van der Waals surface area contributed by atoms with E-state index >= 15 is 0 Å². The van der Waals surface area contributed by atoms with Crippen molar-refractivity contribution >= 4 is 23.9 Å². The van der Waals surface area contributed by atoms with Crippen molar-refractivity contribution < 1.29 is 38.5 Å². The minimum atomic E-state index is -1.08. The quantitative estimate of drug-likeness (QED) is 0.325. The van der Waals surface area contributed by atoms with E-state index < -0.39 is 40.9 Å². The van der Waals surface area contributed by atoms with Crippen LogP contribution in [0.25, 0.3) is 0 Å². The number of rotatable bonds is 10. The number of carbonyl (C=O) groups is 4. The molecule has 1 aromatic carbocycles. The van der Waals surface area contributed by atoms with Gasteiger partial charge < -0.3 is 24.6 Å². The van der Waals surface area contributed by atoms with Crippen LogP contribution in [-0.4, -0.2) is 47.7 Å². The van der Waals surface area contributed by atoms with Crippen LogP contribution >= 0.6 is 0 Å². The number of ether oxygens (including phenoxy) is 3. The fourth-order valence-electron chi connectivity index (χ4n) is 3.81. The zero-order valence-corrected chi connectivity index (χ0v) is 23.7. The molecule has 0 amide bonds. The molecule has 38 heavy (non-hydrogen) atoms. The van der Waals surface area contributed by atoms with Gasteiger partial charge in [-0.15, -0.1) is 0 Å². The average Bonchev–Trinajstić information content (AvgIpc) is 2.82. The van der Waals surface area contributed by atoms with E-state index in [1.54, 1.807) is 54.5 Å². The Labute approximate surface area is 225 Å². The van der Waals surface area contributed by atoms with Gasteiger partial charge in [0.15, 0.2) is 11.5 Å². The normalized spacial score (nSPS) is 16.3. The fourth-order valence-corrected chi connectivity index (χ4v) is 3.81. The first-order valence-electron chi connectivity index (χ1n) is 13.3. The summed E-state index contributed by atoms with van der Waals surface area (Å²) in [6.07, 6.45) is 4.42. The Kier molecular flexibility index (Phi) is 10.9.